The number of quaternary nitrogens is 1. The highest BCUT2D eigenvalue weighted by molar-refractivity contribution is 7.47. The number of likely N-dealkylation sites (N-methyl/N-ethyl adjacent to an activating group) is 1. The maximum Gasteiger partial charge on any atom is 0.472 e. The summed E-state index contributed by atoms with van der Waals surface area (Å²) < 4.78 is 23.5. The second-order valence-corrected chi connectivity index (χ2v) is 18.9. The minimum absolute atomic E-state index is 0.0484. The first kappa shape index (κ1) is 57.2. The average molecular weight is 850 g/mol. The molecule has 8 nitrogen and oxygen atoms in total. The lowest BCUT2D eigenvalue weighted by Crippen LogP contribution is -2.45. The second kappa shape index (κ2) is 41.5. The number of nitrogens with one attached hydrogen (secondary N) is 1. The van der Waals surface area contributed by atoms with Gasteiger partial charge in [-0.15, -0.1) is 0 Å². The lowest BCUT2D eigenvalue weighted by Gasteiger charge is -2.25. The zero-order chi connectivity index (χ0) is 43.6. The van der Waals surface area contributed by atoms with Crippen LogP contribution in [0.3, 0.4) is 0 Å². The van der Waals surface area contributed by atoms with Crippen molar-refractivity contribution in [2.75, 3.05) is 40.9 Å². The number of nitrogens with zero attached hydrogens (tertiary/aromatic N) is 1. The summed E-state index contributed by atoms with van der Waals surface area (Å²) in [5.41, 5.74) is 0. The summed E-state index contributed by atoms with van der Waals surface area (Å²) in [6, 6.07) is -0.878. The van der Waals surface area contributed by atoms with Crippen molar-refractivity contribution in [3.05, 3.63) is 60.8 Å². The second-order valence-electron chi connectivity index (χ2n) is 17.5. The van der Waals surface area contributed by atoms with Gasteiger partial charge in [-0.2, -0.15) is 0 Å². The van der Waals surface area contributed by atoms with Gasteiger partial charge in [-0.25, -0.2) is 4.57 Å². The molecule has 1 amide bonds. The van der Waals surface area contributed by atoms with Gasteiger partial charge in [-0.1, -0.05) is 184 Å². The normalized spacial score (nSPS) is 14.8. The van der Waals surface area contributed by atoms with E-state index in [1.54, 1.807) is 6.08 Å². The van der Waals surface area contributed by atoms with Gasteiger partial charge in [0.05, 0.1) is 39.9 Å². The van der Waals surface area contributed by atoms with Crippen molar-refractivity contribution < 1.29 is 32.9 Å². The van der Waals surface area contributed by atoms with Crippen LogP contribution in [0.15, 0.2) is 60.8 Å². The molecule has 0 radical (unpaired) electrons. The van der Waals surface area contributed by atoms with E-state index in [0.717, 1.165) is 77.0 Å². The highest BCUT2D eigenvalue weighted by Gasteiger charge is 2.27. The number of allylic oxidation sites excluding steroid dienone is 9. The van der Waals surface area contributed by atoms with Crippen molar-refractivity contribution in [1.29, 1.82) is 0 Å². The van der Waals surface area contributed by atoms with Crippen LogP contribution >= 0.6 is 7.82 Å². The molecule has 0 aromatic rings. The minimum atomic E-state index is -4.36. The summed E-state index contributed by atoms with van der Waals surface area (Å²) in [5, 5.41) is 13.8. The molecular formula is C50H94N2O6P+. The molecule has 3 N–H and O–H groups in total. The van der Waals surface area contributed by atoms with Crippen LogP contribution in [-0.4, -0.2) is 73.4 Å². The van der Waals surface area contributed by atoms with Crippen molar-refractivity contribution in [2.45, 2.75) is 212 Å². The van der Waals surface area contributed by atoms with Crippen LogP contribution in [0.4, 0.5) is 0 Å². The van der Waals surface area contributed by atoms with Gasteiger partial charge >= 0.3 is 7.82 Å². The molecule has 9 heteroatoms. The summed E-state index contributed by atoms with van der Waals surface area (Å²) in [6.07, 6.45) is 54.5. The van der Waals surface area contributed by atoms with Gasteiger partial charge in [-0.05, 0) is 70.6 Å². The van der Waals surface area contributed by atoms with Crippen LogP contribution in [0.1, 0.15) is 200 Å². The summed E-state index contributed by atoms with van der Waals surface area (Å²) in [6.45, 7) is 4.70. The molecular weight excluding hydrogens is 756 g/mol. The summed E-state index contributed by atoms with van der Waals surface area (Å²) in [5.74, 6) is -0.208. The van der Waals surface area contributed by atoms with Gasteiger partial charge in [0, 0.05) is 6.42 Å². The largest absolute Gasteiger partial charge is 0.472 e. The van der Waals surface area contributed by atoms with E-state index in [-0.39, 0.29) is 19.1 Å². The van der Waals surface area contributed by atoms with Crippen molar-refractivity contribution in [1.82, 2.24) is 5.32 Å². The van der Waals surface area contributed by atoms with Crippen LogP contribution in [0.5, 0.6) is 0 Å². The molecule has 0 aliphatic rings. The van der Waals surface area contributed by atoms with E-state index in [9.17, 15) is 19.4 Å². The molecule has 0 aromatic carbocycles. The summed E-state index contributed by atoms with van der Waals surface area (Å²) in [7, 11) is 1.53. The Kier molecular flexibility index (Phi) is 40.3. The number of hydrogen-bond donors (Lipinski definition) is 3. The number of carbonyl (C=O) groups is 1. The topological polar surface area (TPSA) is 105 Å². The van der Waals surface area contributed by atoms with Crippen LogP contribution in [0, 0.1) is 0 Å². The SMILES string of the molecule is CCC/C=C\C/C=C\CCCCCCCC(=O)NC(COP(=O)(O)OCC[N+](C)(C)C)C(O)/C=C/CC/C=C/CC/C=C/CCCCCCCCCCCCCCCC. The zero-order valence-corrected chi connectivity index (χ0v) is 39.9. The number of unbranched alkanes of at least 4 members (excludes halogenated alkanes) is 22. The molecule has 0 rings (SSSR count). The van der Waals surface area contributed by atoms with Gasteiger partial charge < -0.3 is 19.8 Å². The van der Waals surface area contributed by atoms with Crippen LogP contribution in [0.2, 0.25) is 0 Å². The Morgan fingerprint density at radius 1 is 0.576 bits per heavy atom. The molecule has 0 spiro atoms. The molecule has 0 saturated heterocycles. The fourth-order valence-corrected chi connectivity index (χ4v) is 7.32. The highest BCUT2D eigenvalue weighted by Crippen LogP contribution is 2.43. The third-order valence-electron chi connectivity index (χ3n) is 10.4. The first-order valence-electron chi connectivity index (χ1n) is 24.2. The number of aliphatic hydroxyl groups is 1. The smallest absolute Gasteiger partial charge is 0.387 e. The number of carbonyl (C=O) groups excluding carboxylic acids is 1. The number of amides is 1. The molecule has 3 unspecified atom stereocenters. The number of phosphoric ester groups is 1. The third kappa shape index (κ3) is 44.1. The van der Waals surface area contributed by atoms with Gasteiger partial charge in [0.25, 0.3) is 0 Å². The summed E-state index contributed by atoms with van der Waals surface area (Å²) in [4.78, 5) is 23.1. The van der Waals surface area contributed by atoms with Gasteiger partial charge in [0.15, 0.2) is 0 Å². The van der Waals surface area contributed by atoms with Crippen molar-refractivity contribution in [2.24, 2.45) is 0 Å². The van der Waals surface area contributed by atoms with Gasteiger partial charge in [0.1, 0.15) is 13.2 Å². The van der Waals surface area contributed by atoms with Crippen LogP contribution in [-0.2, 0) is 18.4 Å². The molecule has 0 bridgehead atoms. The van der Waals surface area contributed by atoms with E-state index < -0.39 is 20.0 Å². The number of rotatable bonds is 43. The minimum Gasteiger partial charge on any atom is -0.387 e. The Balaban J connectivity index is 4.40. The Morgan fingerprint density at radius 3 is 1.53 bits per heavy atom. The predicted molar refractivity (Wildman–Crippen MR) is 254 cm³/mol. The molecule has 0 aromatic heterocycles. The summed E-state index contributed by atoms with van der Waals surface area (Å²) >= 11 is 0. The molecule has 344 valence electrons. The Labute approximate surface area is 364 Å². The van der Waals surface area contributed by atoms with Crippen LogP contribution in [0.25, 0.3) is 0 Å². The fourth-order valence-electron chi connectivity index (χ4n) is 6.58. The zero-order valence-electron chi connectivity index (χ0n) is 39.0. The molecule has 3 atom stereocenters. The predicted octanol–water partition coefficient (Wildman–Crippen LogP) is 13.8. The van der Waals surface area contributed by atoms with Crippen molar-refractivity contribution in [3.8, 4) is 0 Å². The molecule has 0 fully saturated rings. The number of hydrogen-bond acceptors (Lipinski definition) is 5. The fraction of sp³-hybridized carbons (Fsp3) is 0.780. The number of aliphatic hydroxyl groups excluding tert-OH is 1. The van der Waals surface area contributed by atoms with E-state index in [2.05, 4.69) is 67.8 Å². The molecule has 0 aliphatic heterocycles. The molecule has 0 aliphatic carbocycles. The lowest BCUT2D eigenvalue weighted by atomic mass is 10.0. The Morgan fingerprint density at radius 2 is 1.02 bits per heavy atom. The molecule has 0 saturated carbocycles. The Hall–Kier alpha value is -1.80. The highest BCUT2D eigenvalue weighted by atomic mass is 31.2. The lowest BCUT2D eigenvalue weighted by molar-refractivity contribution is -0.870. The van der Waals surface area contributed by atoms with Crippen molar-refractivity contribution in [3.63, 3.8) is 0 Å². The first-order valence-corrected chi connectivity index (χ1v) is 25.7. The molecule has 59 heavy (non-hydrogen) atoms. The van der Waals surface area contributed by atoms with E-state index in [4.69, 9.17) is 9.05 Å². The first-order chi connectivity index (χ1) is 28.5. The third-order valence-corrected chi connectivity index (χ3v) is 11.4. The number of phosphoric acid groups is 1. The molecule has 0 heterocycles. The van der Waals surface area contributed by atoms with E-state index >= 15 is 0 Å². The van der Waals surface area contributed by atoms with Gasteiger partial charge in [-0.3, -0.25) is 13.8 Å². The van der Waals surface area contributed by atoms with Crippen molar-refractivity contribution >= 4 is 13.7 Å². The van der Waals surface area contributed by atoms with Crippen LogP contribution < -0.4 is 5.32 Å². The van der Waals surface area contributed by atoms with E-state index in [1.165, 1.54) is 103 Å². The standard InChI is InChI=1S/C50H93N2O6P/c1-6-8-10-12-14-16-18-20-21-22-23-24-25-26-27-28-29-30-32-33-35-37-39-41-43-49(53)48(47-58-59(55,56)57-46-45-52(3,4)5)51-50(54)44-42-40-38-36-34-31-19-17-15-13-11-9-7-2/h11,13,17,19,28-29,33,35,41,43,48-49,53H,6-10,12,14-16,18,20-27,30-32,34,36-40,42,44-47H2,1-5H3,(H-,51,54,55,56)/p+1/b13-11-,19-17-,29-28+,35-33+,43-41+. The Bertz CT molecular complexity index is 1140. The monoisotopic (exact) mass is 850 g/mol. The quantitative estimate of drug-likeness (QED) is 0.0244. The maximum atomic E-state index is 12.9. The van der Waals surface area contributed by atoms with E-state index in [0.29, 0.717) is 17.4 Å². The maximum absolute atomic E-state index is 12.9. The van der Waals surface area contributed by atoms with Gasteiger partial charge in [0.2, 0.25) is 5.91 Å². The van der Waals surface area contributed by atoms with E-state index in [1.807, 2.05) is 27.2 Å². The average Bonchev–Trinajstić information content (AvgIpc) is 3.19.